The number of hydrogen-bond acceptors (Lipinski definition) is 3. The lowest BCUT2D eigenvalue weighted by atomic mass is 9.55. The third-order valence-electron chi connectivity index (χ3n) is 7.52. The number of para-hydroxylation sites is 1. The molecule has 1 aliphatic heterocycles. The molecule has 4 nitrogen and oxygen atoms in total. The van der Waals surface area contributed by atoms with Gasteiger partial charge in [0.25, 0.3) is 0 Å². The largest absolute Gasteiger partial charge is 0.457 e. The smallest absolute Gasteiger partial charge is 0.238 e. The lowest BCUT2D eigenvalue weighted by Gasteiger charge is -2.45. The molecular weight excluding hydrogens is 422 g/mol. The molecule has 1 saturated heterocycles. The van der Waals surface area contributed by atoms with Crippen LogP contribution in [0.15, 0.2) is 103 Å². The molecule has 2 bridgehead atoms. The molecule has 0 N–H and O–H groups in total. The fourth-order valence-corrected chi connectivity index (χ4v) is 6.22. The molecule has 2 amide bonds. The van der Waals surface area contributed by atoms with Gasteiger partial charge in [0.05, 0.1) is 17.5 Å². The van der Waals surface area contributed by atoms with Crippen molar-refractivity contribution in [1.82, 2.24) is 0 Å². The van der Waals surface area contributed by atoms with Crippen molar-refractivity contribution in [3.8, 4) is 11.5 Å². The summed E-state index contributed by atoms with van der Waals surface area (Å²) in [6, 6.07) is 33.3. The molecule has 4 aliphatic rings. The van der Waals surface area contributed by atoms with E-state index in [0.717, 1.165) is 5.75 Å². The molecule has 4 aromatic carbocycles. The van der Waals surface area contributed by atoms with Crippen LogP contribution in [0.4, 0.5) is 5.69 Å². The minimum absolute atomic E-state index is 0.0930. The zero-order valence-electron chi connectivity index (χ0n) is 18.3. The normalized spacial score (nSPS) is 23.9. The SMILES string of the molecule is O=C1[C@@H]2C3c4ccccc4C(c4ccccc43)[C@H]2C(=O)N1c1ccc(Oc2ccccc2)cc1. The van der Waals surface area contributed by atoms with E-state index in [1.807, 2.05) is 66.7 Å². The molecular formula is C30H21NO3. The number of hydrogen-bond donors (Lipinski definition) is 0. The first-order valence-corrected chi connectivity index (χ1v) is 11.6. The Labute approximate surface area is 197 Å². The number of carbonyl (C=O) groups is 2. The standard InChI is InChI=1S/C30H21NO3/c32-29-27-25-21-10-4-5-11-22(21)26(24-13-7-6-12-23(24)25)28(27)30(33)31(29)18-14-16-20(17-15-18)34-19-8-2-1-3-9-19/h1-17,25-28H/t25?,26?,27-,28-/m1/s1. The van der Waals surface area contributed by atoms with Gasteiger partial charge in [-0.15, -0.1) is 0 Å². The van der Waals surface area contributed by atoms with Gasteiger partial charge in [-0.1, -0.05) is 66.7 Å². The summed E-state index contributed by atoms with van der Waals surface area (Å²) in [7, 11) is 0. The molecule has 1 heterocycles. The van der Waals surface area contributed by atoms with Gasteiger partial charge in [0.2, 0.25) is 11.8 Å². The molecule has 0 saturated carbocycles. The van der Waals surface area contributed by atoms with E-state index < -0.39 is 0 Å². The summed E-state index contributed by atoms with van der Waals surface area (Å²) in [6.45, 7) is 0. The summed E-state index contributed by atoms with van der Waals surface area (Å²) in [6.07, 6.45) is 0. The summed E-state index contributed by atoms with van der Waals surface area (Å²) in [5.41, 5.74) is 5.32. The van der Waals surface area contributed by atoms with Gasteiger partial charge >= 0.3 is 0 Å². The second kappa shape index (κ2) is 7.16. The van der Waals surface area contributed by atoms with Crippen molar-refractivity contribution < 1.29 is 14.3 Å². The van der Waals surface area contributed by atoms with E-state index in [1.165, 1.54) is 27.2 Å². The Morgan fingerprint density at radius 1 is 0.500 bits per heavy atom. The van der Waals surface area contributed by atoms with Crippen molar-refractivity contribution in [1.29, 1.82) is 0 Å². The van der Waals surface area contributed by atoms with Crippen LogP contribution in [0.1, 0.15) is 34.1 Å². The van der Waals surface area contributed by atoms with E-state index >= 15 is 0 Å². The molecule has 0 unspecified atom stereocenters. The van der Waals surface area contributed by atoms with Crippen LogP contribution in [-0.2, 0) is 9.59 Å². The molecule has 4 heteroatoms. The second-order valence-electron chi connectivity index (χ2n) is 9.19. The molecule has 164 valence electrons. The predicted molar refractivity (Wildman–Crippen MR) is 129 cm³/mol. The van der Waals surface area contributed by atoms with Gasteiger partial charge < -0.3 is 4.74 Å². The van der Waals surface area contributed by atoms with Crippen LogP contribution in [-0.4, -0.2) is 11.8 Å². The van der Waals surface area contributed by atoms with E-state index in [9.17, 15) is 9.59 Å². The third kappa shape index (κ3) is 2.59. The maximum Gasteiger partial charge on any atom is 0.238 e. The Hall–Kier alpha value is -4.18. The summed E-state index contributed by atoms with van der Waals surface area (Å²) >= 11 is 0. The number of imide groups is 1. The first-order chi connectivity index (χ1) is 16.7. The number of carbonyl (C=O) groups excluding carboxylic acids is 2. The number of benzene rings is 4. The third-order valence-corrected chi connectivity index (χ3v) is 7.52. The van der Waals surface area contributed by atoms with Crippen molar-refractivity contribution in [3.63, 3.8) is 0 Å². The molecule has 3 aliphatic carbocycles. The summed E-state index contributed by atoms with van der Waals surface area (Å²) < 4.78 is 5.88. The van der Waals surface area contributed by atoms with Gasteiger partial charge in [0.15, 0.2) is 0 Å². The van der Waals surface area contributed by atoms with E-state index in [1.54, 1.807) is 12.1 Å². The van der Waals surface area contributed by atoms with Crippen LogP contribution in [0.25, 0.3) is 0 Å². The van der Waals surface area contributed by atoms with Gasteiger partial charge in [0.1, 0.15) is 11.5 Å². The number of nitrogens with zero attached hydrogens (tertiary/aromatic N) is 1. The average Bonchev–Trinajstić information content (AvgIpc) is 3.16. The van der Waals surface area contributed by atoms with E-state index in [4.69, 9.17) is 4.74 Å². The van der Waals surface area contributed by atoms with Gasteiger partial charge in [-0.25, -0.2) is 4.90 Å². The number of rotatable bonds is 3. The Morgan fingerprint density at radius 3 is 1.38 bits per heavy atom. The quantitative estimate of drug-likeness (QED) is 0.372. The number of amides is 2. The maximum atomic E-state index is 13.8. The monoisotopic (exact) mass is 443 g/mol. The average molecular weight is 444 g/mol. The van der Waals surface area contributed by atoms with Gasteiger partial charge in [-0.05, 0) is 58.7 Å². The van der Waals surface area contributed by atoms with Gasteiger partial charge in [-0.3, -0.25) is 9.59 Å². The zero-order valence-corrected chi connectivity index (χ0v) is 18.3. The van der Waals surface area contributed by atoms with Crippen molar-refractivity contribution in [2.24, 2.45) is 11.8 Å². The summed E-state index contributed by atoms with van der Waals surface area (Å²) in [5.74, 6) is 0.253. The molecule has 0 aromatic heterocycles. The van der Waals surface area contributed by atoms with E-state index in [0.29, 0.717) is 11.4 Å². The van der Waals surface area contributed by atoms with Crippen LogP contribution in [0.3, 0.4) is 0 Å². The highest BCUT2D eigenvalue weighted by molar-refractivity contribution is 6.23. The van der Waals surface area contributed by atoms with Crippen molar-refractivity contribution in [3.05, 3.63) is 125 Å². The minimum atomic E-state index is -0.373. The molecule has 34 heavy (non-hydrogen) atoms. The van der Waals surface area contributed by atoms with E-state index in [2.05, 4.69) is 24.3 Å². The lowest BCUT2D eigenvalue weighted by molar-refractivity contribution is -0.122. The zero-order chi connectivity index (χ0) is 22.8. The number of anilines is 1. The fraction of sp³-hybridized carbons (Fsp3) is 0.133. The molecule has 0 spiro atoms. The highest BCUT2D eigenvalue weighted by atomic mass is 16.5. The highest BCUT2D eigenvalue weighted by Crippen LogP contribution is 2.61. The Kier molecular flexibility index (Phi) is 4.06. The molecule has 4 aromatic rings. The van der Waals surface area contributed by atoms with E-state index in [-0.39, 0.29) is 35.5 Å². The predicted octanol–water partition coefficient (Wildman–Crippen LogP) is 5.88. The van der Waals surface area contributed by atoms with Crippen LogP contribution in [0.2, 0.25) is 0 Å². The second-order valence-corrected chi connectivity index (χ2v) is 9.19. The summed E-state index contributed by atoms with van der Waals surface area (Å²) in [5, 5.41) is 0. The topological polar surface area (TPSA) is 46.6 Å². The van der Waals surface area contributed by atoms with Crippen LogP contribution in [0, 0.1) is 11.8 Å². The van der Waals surface area contributed by atoms with Crippen molar-refractivity contribution >= 4 is 17.5 Å². The number of ether oxygens (including phenoxy) is 1. The molecule has 2 atom stereocenters. The minimum Gasteiger partial charge on any atom is -0.457 e. The van der Waals surface area contributed by atoms with Crippen LogP contribution < -0.4 is 9.64 Å². The van der Waals surface area contributed by atoms with Gasteiger partial charge in [-0.2, -0.15) is 0 Å². The Bertz CT molecular complexity index is 1330. The summed E-state index contributed by atoms with van der Waals surface area (Å²) in [4.78, 5) is 29.0. The maximum absolute atomic E-state index is 13.8. The van der Waals surface area contributed by atoms with Crippen molar-refractivity contribution in [2.45, 2.75) is 11.8 Å². The Balaban J connectivity index is 1.27. The Morgan fingerprint density at radius 2 is 0.912 bits per heavy atom. The first-order valence-electron chi connectivity index (χ1n) is 11.6. The highest BCUT2D eigenvalue weighted by Gasteiger charge is 2.61. The lowest BCUT2D eigenvalue weighted by Crippen LogP contribution is -2.41. The van der Waals surface area contributed by atoms with Crippen LogP contribution >= 0.6 is 0 Å². The first kappa shape index (κ1) is 19.3. The molecule has 8 rings (SSSR count). The molecule has 1 fully saturated rings. The molecule has 0 radical (unpaired) electrons. The van der Waals surface area contributed by atoms with Crippen molar-refractivity contribution in [2.75, 3.05) is 4.90 Å². The fourth-order valence-electron chi connectivity index (χ4n) is 6.22. The van der Waals surface area contributed by atoms with Crippen LogP contribution in [0.5, 0.6) is 11.5 Å². The van der Waals surface area contributed by atoms with Gasteiger partial charge in [0, 0.05) is 11.8 Å².